The Bertz CT molecular complexity index is 534. The van der Waals surface area contributed by atoms with Crippen LogP contribution < -0.4 is 4.74 Å². The van der Waals surface area contributed by atoms with Gasteiger partial charge in [0.15, 0.2) is 5.75 Å². The van der Waals surface area contributed by atoms with Gasteiger partial charge in [-0.15, -0.1) is 0 Å². The number of unbranched alkanes of at least 4 members (excludes halogenated alkanes) is 3. The fourth-order valence-corrected chi connectivity index (χ4v) is 1.91. The van der Waals surface area contributed by atoms with Gasteiger partial charge in [0.2, 0.25) is 0 Å². The number of para-hydroxylation sites is 3. The van der Waals surface area contributed by atoms with Crippen molar-refractivity contribution in [3.8, 4) is 11.5 Å². The molecule has 0 aliphatic rings. The molecular weight excluding hydrogens is 246 g/mol. The Morgan fingerprint density at radius 2 is 1.70 bits per heavy atom. The first kappa shape index (κ1) is 14.3. The molecule has 20 heavy (non-hydrogen) atoms. The first-order chi connectivity index (χ1) is 9.90. The average Bonchev–Trinajstić information content (AvgIpc) is 2.50. The van der Waals surface area contributed by atoms with E-state index in [2.05, 4.69) is 11.9 Å². The van der Waals surface area contributed by atoms with Gasteiger partial charge in [0.05, 0.1) is 0 Å². The number of hydrogen-bond donors (Lipinski definition) is 0. The van der Waals surface area contributed by atoms with E-state index in [0.29, 0.717) is 0 Å². The Kier molecular flexibility index (Phi) is 5.84. The predicted octanol–water partition coefficient (Wildman–Crippen LogP) is 5.76. The molecule has 0 fully saturated rings. The molecule has 0 N–H and O–H groups in total. The van der Waals surface area contributed by atoms with E-state index in [9.17, 15) is 0 Å². The lowest BCUT2D eigenvalue weighted by Crippen LogP contribution is -1.84. The summed E-state index contributed by atoms with van der Waals surface area (Å²) in [5, 5.41) is 0. The van der Waals surface area contributed by atoms with Crippen molar-refractivity contribution in [2.24, 2.45) is 4.99 Å². The second-order valence-electron chi connectivity index (χ2n) is 4.69. The number of rotatable bonds is 7. The van der Waals surface area contributed by atoms with Crippen LogP contribution in [0, 0.1) is 0 Å². The number of aliphatic imine (C=N–C) groups is 1. The minimum Gasteiger partial charge on any atom is -0.455 e. The first-order valence-electron chi connectivity index (χ1n) is 7.24. The molecule has 0 saturated heterocycles. The monoisotopic (exact) mass is 267 g/mol. The highest BCUT2D eigenvalue weighted by Gasteiger charge is 2.02. The smallest absolute Gasteiger partial charge is 0.152 e. The summed E-state index contributed by atoms with van der Waals surface area (Å²) < 4.78 is 5.87. The summed E-state index contributed by atoms with van der Waals surface area (Å²) in [4.78, 5) is 4.52. The van der Waals surface area contributed by atoms with Crippen LogP contribution in [0.15, 0.2) is 59.6 Å². The molecule has 2 rings (SSSR count). The summed E-state index contributed by atoms with van der Waals surface area (Å²) in [6, 6.07) is 17.7. The van der Waals surface area contributed by atoms with Crippen LogP contribution in [-0.2, 0) is 0 Å². The molecule has 0 aromatic heterocycles. The van der Waals surface area contributed by atoms with Crippen LogP contribution in [0.5, 0.6) is 11.5 Å². The number of ether oxygens (including phenoxy) is 1. The molecule has 0 bridgehead atoms. The molecule has 0 spiro atoms. The van der Waals surface area contributed by atoms with Crippen molar-refractivity contribution >= 4 is 11.9 Å². The van der Waals surface area contributed by atoms with E-state index >= 15 is 0 Å². The summed E-state index contributed by atoms with van der Waals surface area (Å²) in [6.45, 7) is 2.21. The Morgan fingerprint density at radius 1 is 0.950 bits per heavy atom. The summed E-state index contributed by atoms with van der Waals surface area (Å²) in [6.07, 6.45) is 6.70. The van der Waals surface area contributed by atoms with Gasteiger partial charge in [-0.1, -0.05) is 50.1 Å². The maximum absolute atomic E-state index is 5.87. The molecule has 2 nitrogen and oxygen atoms in total. The molecule has 0 unspecified atom stereocenters. The van der Waals surface area contributed by atoms with E-state index in [1.54, 1.807) is 0 Å². The second-order valence-corrected chi connectivity index (χ2v) is 4.69. The van der Waals surface area contributed by atoms with Crippen LogP contribution in [-0.4, -0.2) is 6.21 Å². The van der Waals surface area contributed by atoms with Crippen molar-refractivity contribution < 1.29 is 4.74 Å². The summed E-state index contributed by atoms with van der Waals surface area (Å²) in [7, 11) is 0. The van der Waals surface area contributed by atoms with Gasteiger partial charge in [0, 0.05) is 6.21 Å². The van der Waals surface area contributed by atoms with Crippen LogP contribution in [0.4, 0.5) is 5.69 Å². The highest BCUT2D eigenvalue weighted by Crippen LogP contribution is 2.31. The van der Waals surface area contributed by atoms with Gasteiger partial charge >= 0.3 is 0 Å². The molecule has 0 aliphatic carbocycles. The highest BCUT2D eigenvalue weighted by molar-refractivity contribution is 5.66. The molecule has 104 valence electrons. The largest absolute Gasteiger partial charge is 0.455 e. The molecule has 2 aromatic rings. The van der Waals surface area contributed by atoms with Crippen molar-refractivity contribution in [1.29, 1.82) is 0 Å². The molecule has 0 radical (unpaired) electrons. The minimum absolute atomic E-state index is 0.797. The Balaban J connectivity index is 2.02. The van der Waals surface area contributed by atoms with Crippen molar-refractivity contribution in [2.45, 2.75) is 32.6 Å². The molecule has 0 heterocycles. The maximum atomic E-state index is 5.87. The molecule has 2 heteroatoms. The third-order valence-corrected chi connectivity index (χ3v) is 3.00. The van der Waals surface area contributed by atoms with Gasteiger partial charge < -0.3 is 4.74 Å². The molecule has 0 aliphatic heterocycles. The number of nitrogens with zero attached hydrogens (tertiary/aromatic N) is 1. The second kappa shape index (κ2) is 8.16. The quantitative estimate of drug-likeness (QED) is 0.461. The standard InChI is InChI=1S/C18H21NO/c1-2-3-4-10-15-19-17-13-8-9-14-18(17)20-16-11-6-5-7-12-16/h5-9,11-15H,2-4,10H2,1H3. The van der Waals surface area contributed by atoms with E-state index in [-0.39, 0.29) is 0 Å². The van der Waals surface area contributed by atoms with E-state index in [1.807, 2.05) is 60.8 Å². The van der Waals surface area contributed by atoms with E-state index in [1.165, 1.54) is 19.3 Å². The lowest BCUT2D eigenvalue weighted by molar-refractivity contribution is 0.484. The van der Waals surface area contributed by atoms with Crippen LogP contribution in [0.1, 0.15) is 32.6 Å². The average molecular weight is 267 g/mol. The van der Waals surface area contributed by atoms with Gasteiger partial charge in [0.1, 0.15) is 11.4 Å². The molecular formula is C18H21NO. The van der Waals surface area contributed by atoms with Gasteiger partial charge in [-0.05, 0) is 37.1 Å². The third-order valence-electron chi connectivity index (χ3n) is 3.00. The van der Waals surface area contributed by atoms with Crippen LogP contribution in [0.25, 0.3) is 0 Å². The normalized spacial score (nSPS) is 10.8. The Hall–Kier alpha value is -2.09. The first-order valence-corrected chi connectivity index (χ1v) is 7.24. The topological polar surface area (TPSA) is 21.6 Å². The lowest BCUT2D eigenvalue weighted by Gasteiger charge is -2.07. The Morgan fingerprint density at radius 3 is 2.50 bits per heavy atom. The van der Waals surface area contributed by atoms with Crippen LogP contribution in [0.2, 0.25) is 0 Å². The zero-order valence-electron chi connectivity index (χ0n) is 12.0. The van der Waals surface area contributed by atoms with Gasteiger partial charge in [0.25, 0.3) is 0 Å². The van der Waals surface area contributed by atoms with Crippen LogP contribution >= 0.6 is 0 Å². The Labute approximate surface area is 121 Å². The number of hydrogen-bond acceptors (Lipinski definition) is 2. The molecule has 0 atom stereocenters. The fraction of sp³-hybridized carbons (Fsp3) is 0.278. The lowest BCUT2D eigenvalue weighted by atomic mass is 10.2. The van der Waals surface area contributed by atoms with Gasteiger partial charge in [-0.3, -0.25) is 4.99 Å². The van der Waals surface area contributed by atoms with E-state index in [0.717, 1.165) is 23.6 Å². The predicted molar refractivity (Wildman–Crippen MR) is 85.3 cm³/mol. The third kappa shape index (κ3) is 4.54. The maximum Gasteiger partial charge on any atom is 0.152 e. The van der Waals surface area contributed by atoms with E-state index < -0.39 is 0 Å². The molecule has 2 aromatic carbocycles. The summed E-state index contributed by atoms with van der Waals surface area (Å²) >= 11 is 0. The molecule has 0 saturated carbocycles. The fourth-order valence-electron chi connectivity index (χ4n) is 1.91. The van der Waals surface area contributed by atoms with Crippen molar-refractivity contribution in [2.75, 3.05) is 0 Å². The van der Waals surface area contributed by atoms with Crippen molar-refractivity contribution in [1.82, 2.24) is 0 Å². The molecule has 0 amide bonds. The van der Waals surface area contributed by atoms with Gasteiger partial charge in [-0.25, -0.2) is 0 Å². The summed E-state index contributed by atoms with van der Waals surface area (Å²) in [5.41, 5.74) is 0.882. The number of benzene rings is 2. The van der Waals surface area contributed by atoms with Gasteiger partial charge in [-0.2, -0.15) is 0 Å². The highest BCUT2D eigenvalue weighted by atomic mass is 16.5. The summed E-state index contributed by atoms with van der Waals surface area (Å²) in [5.74, 6) is 1.63. The zero-order chi connectivity index (χ0) is 14.0. The zero-order valence-corrected chi connectivity index (χ0v) is 12.0. The minimum atomic E-state index is 0.797. The van der Waals surface area contributed by atoms with Crippen molar-refractivity contribution in [3.05, 3.63) is 54.6 Å². The van der Waals surface area contributed by atoms with E-state index in [4.69, 9.17) is 4.74 Å². The van der Waals surface area contributed by atoms with Crippen molar-refractivity contribution in [3.63, 3.8) is 0 Å². The van der Waals surface area contributed by atoms with Crippen LogP contribution in [0.3, 0.4) is 0 Å². The SMILES string of the molecule is CCCCCC=Nc1ccccc1Oc1ccccc1.